The van der Waals surface area contributed by atoms with Gasteiger partial charge < -0.3 is 10.4 Å². The zero-order valence-corrected chi connectivity index (χ0v) is 11.9. The highest BCUT2D eigenvalue weighted by Gasteiger charge is 2.26. The van der Waals surface area contributed by atoms with Gasteiger partial charge in [0, 0.05) is 26.2 Å². The maximum Gasteiger partial charge on any atom is 0.292 e. The molecule has 1 aromatic rings. The Morgan fingerprint density at radius 2 is 2.35 bits per heavy atom. The van der Waals surface area contributed by atoms with Crippen molar-refractivity contribution in [3.63, 3.8) is 0 Å². The van der Waals surface area contributed by atoms with Crippen LogP contribution in [0.2, 0.25) is 0 Å². The van der Waals surface area contributed by atoms with Crippen LogP contribution in [-0.2, 0) is 6.54 Å². The molecule has 1 aromatic carbocycles. The predicted molar refractivity (Wildman–Crippen MR) is 77.7 cm³/mol. The molecule has 0 saturated carbocycles. The maximum absolute atomic E-state index is 11.0. The van der Waals surface area contributed by atoms with Gasteiger partial charge in [0.25, 0.3) is 5.69 Å². The van der Waals surface area contributed by atoms with Crippen molar-refractivity contribution in [2.24, 2.45) is 5.92 Å². The van der Waals surface area contributed by atoms with E-state index in [0.717, 1.165) is 25.1 Å². The van der Waals surface area contributed by atoms with E-state index in [9.17, 15) is 15.2 Å². The molecule has 1 fully saturated rings. The highest BCUT2D eigenvalue weighted by molar-refractivity contribution is 5.62. The van der Waals surface area contributed by atoms with Crippen LogP contribution in [0, 0.1) is 16.0 Å². The SMILES string of the molecule is CNc1ccc(CN2CCC(C(C)O)C2)cc1[N+](=O)[O-]. The zero-order chi connectivity index (χ0) is 14.7. The summed E-state index contributed by atoms with van der Waals surface area (Å²) in [6, 6.07) is 5.28. The Hall–Kier alpha value is -1.66. The Balaban J connectivity index is 2.07. The average Bonchev–Trinajstić information content (AvgIpc) is 2.87. The molecule has 2 N–H and O–H groups in total. The lowest BCUT2D eigenvalue weighted by Gasteiger charge is -2.17. The normalized spacial score (nSPS) is 20.9. The first-order valence-corrected chi connectivity index (χ1v) is 6.86. The first kappa shape index (κ1) is 14.7. The number of nitrogens with one attached hydrogen (secondary N) is 1. The van der Waals surface area contributed by atoms with Gasteiger partial charge in [-0.05, 0) is 37.4 Å². The van der Waals surface area contributed by atoms with Crippen LogP contribution in [0.5, 0.6) is 0 Å². The van der Waals surface area contributed by atoms with Crippen LogP contribution in [0.4, 0.5) is 11.4 Å². The number of anilines is 1. The lowest BCUT2D eigenvalue weighted by Crippen LogP contribution is -2.24. The van der Waals surface area contributed by atoms with Gasteiger partial charge in [0.05, 0.1) is 11.0 Å². The molecule has 1 saturated heterocycles. The number of rotatable bonds is 5. The molecule has 0 aromatic heterocycles. The van der Waals surface area contributed by atoms with Gasteiger partial charge in [-0.2, -0.15) is 0 Å². The molecule has 2 atom stereocenters. The minimum atomic E-state index is -0.363. The van der Waals surface area contributed by atoms with Crippen LogP contribution in [0.25, 0.3) is 0 Å². The van der Waals surface area contributed by atoms with Crippen molar-refractivity contribution < 1.29 is 10.0 Å². The Labute approximate surface area is 118 Å². The second kappa shape index (κ2) is 6.19. The molecule has 110 valence electrons. The standard InChI is InChI=1S/C14H21N3O3/c1-10(18)12-5-6-16(9-12)8-11-3-4-13(15-2)14(7-11)17(19)20/h3-4,7,10,12,15,18H,5-6,8-9H2,1-2H3. The van der Waals surface area contributed by atoms with Gasteiger partial charge in [-0.15, -0.1) is 0 Å². The highest BCUT2D eigenvalue weighted by Crippen LogP contribution is 2.27. The Morgan fingerprint density at radius 1 is 1.60 bits per heavy atom. The molecule has 6 heteroatoms. The summed E-state index contributed by atoms with van der Waals surface area (Å²) in [6.07, 6.45) is 0.690. The number of nitro benzene ring substituents is 1. The summed E-state index contributed by atoms with van der Waals surface area (Å²) in [7, 11) is 1.68. The molecule has 0 amide bonds. The molecule has 0 spiro atoms. The lowest BCUT2D eigenvalue weighted by atomic mass is 10.0. The van der Waals surface area contributed by atoms with E-state index in [1.807, 2.05) is 13.0 Å². The fourth-order valence-corrected chi connectivity index (χ4v) is 2.70. The number of hydrogen-bond donors (Lipinski definition) is 2. The Morgan fingerprint density at radius 3 is 2.90 bits per heavy atom. The van der Waals surface area contributed by atoms with Gasteiger partial charge in [-0.25, -0.2) is 0 Å². The highest BCUT2D eigenvalue weighted by atomic mass is 16.6. The van der Waals surface area contributed by atoms with E-state index in [2.05, 4.69) is 10.2 Å². The molecule has 1 aliphatic heterocycles. The third kappa shape index (κ3) is 3.26. The molecule has 2 unspecified atom stereocenters. The van der Waals surface area contributed by atoms with Crippen molar-refractivity contribution >= 4 is 11.4 Å². The van der Waals surface area contributed by atoms with E-state index >= 15 is 0 Å². The summed E-state index contributed by atoms with van der Waals surface area (Å²) in [5.74, 6) is 0.307. The van der Waals surface area contributed by atoms with Crippen molar-refractivity contribution in [1.82, 2.24) is 4.90 Å². The third-order valence-corrected chi connectivity index (χ3v) is 3.93. The van der Waals surface area contributed by atoms with E-state index in [1.165, 1.54) is 0 Å². The number of benzene rings is 1. The average molecular weight is 279 g/mol. The van der Waals surface area contributed by atoms with Crippen LogP contribution < -0.4 is 5.32 Å². The van der Waals surface area contributed by atoms with Gasteiger partial charge >= 0.3 is 0 Å². The van der Waals surface area contributed by atoms with Gasteiger partial charge in [0.1, 0.15) is 5.69 Å². The van der Waals surface area contributed by atoms with E-state index in [0.29, 0.717) is 18.2 Å². The first-order valence-electron chi connectivity index (χ1n) is 6.86. The molecule has 0 radical (unpaired) electrons. The largest absolute Gasteiger partial charge is 0.393 e. The Kier molecular flexibility index (Phi) is 4.57. The molecule has 20 heavy (non-hydrogen) atoms. The van der Waals surface area contributed by atoms with Crippen LogP contribution in [0.3, 0.4) is 0 Å². The number of likely N-dealkylation sites (tertiary alicyclic amines) is 1. The molecular formula is C14H21N3O3. The second-order valence-electron chi connectivity index (χ2n) is 5.38. The summed E-state index contributed by atoms with van der Waals surface area (Å²) in [6.45, 7) is 4.28. The van der Waals surface area contributed by atoms with Crippen LogP contribution in [0.15, 0.2) is 18.2 Å². The topological polar surface area (TPSA) is 78.6 Å². The molecule has 1 aliphatic rings. The molecular weight excluding hydrogens is 258 g/mol. The molecule has 0 aliphatic carbocycles. The van der Waals surface area contributed by atoms with Crippen molar-refractivity contribution in [3.8, 4) is 0 Å². The number of aliphatic hydroxyl groups excluding tert-OH is 1. The van der Waals surface area contributed by atoms with Gasteiger partial charge in [0.2, 0.25) is 0 Å². The van der Waals surface area contributed by atoms with Crippen molar-refractivity contribution in [3.05, 3.63) is 33.9 Å². The minimum Gasteiger partial charge on any atom is -0.393 e. The maximum atomic E-state index is 11.0. The Bertz CT molecular complexity index is 491. The molecule has 0 bridgehead atoms. The summed E-state index contributed by atoms with van der Waals surface area (Å²) < 4.78 is 0. The zero-order valence-electron chi connectivity index (χ0n) is 11.9. The fourth-order valence-electron chi connectivity index (χ4n) is 2.70. The molecule has 1 heterocycles. The number of nitrogens with zero attached hydrogens (tertiary/aromatic N) is 2. The lowest BCUT2D eigenvalue weighted by molar-refractivity contribution is -0.384. The summed E-state index contributed by atoms with van der Waals surface area (Å²) in [5.41, 5.74) is 1.57. The van der Waals surface area contributed by atoms with E-state index in [-0.39, 0.29) is 16.7 Å². The first-order chi connectivity index (χ1) is 9.51. The van der Waals surface area contributed by atoms with Crippen LogP contribution in [-0.4, -0.2) is 41.2 Å². The van der Waals surface area contributed by atoms with E-state index in [1.54, 1.807) is 19.2 Å². The van der Waals surface area contributed by atoms with Crippen LogP contribution >= 0.6 is 0 Å². The second-order valence-corrected chi connectivity index (χ2v) is 5.38. The quantitative estimate of drug-likeness (QED) is 0.635. The monoisotopic (exact) mass is 279 g/mol. The third-order valence-electron chi connectivity index (χ3n) is 3.93. The predicted octanol–water partition coefficient (Wildman–Crippen LogP) is 1.84. The molecule has 2 rings (SSSR count). The van der Waals surface area contributed by atoms with Gasteiger partial charge in [-0.1, -0.05) is 6.07 Å². The van der Waals surface area contributed by atoms with E-state index < -0.39 is 0 Å². The van der Waals surface area contributed by atoms with Crippen molar-refractivity contribution in [1.29, 1.82) is 0 Å². The summed E-state index contributed by atoms with van der Waals surface area (Å²) in [4.78, 5) is 12.9. The van der Waals surface area contributed by atoms with Gasteiger partial charge in [0.15, 0.2) is 0 Å². The summed E-state index contributed by atoms with van der Waals surface area (Å²) >= 11 is 0. The van der Waals surface area contributed by atoms with E-state index in [4.69, 9.17) is 0 Å². The fraction of sp³-hybridized carbons (Fsp3) is 0.571. The van der Waals surface area contributed by atoms with Crippen molar-refractivity contribution in [2.45, 2.75) is 26.0 Å². The number of aliphatic hydroxyl groups is 1. The molecule has 6 nitrogen and oxygen atoms in total. The number of nitro groups is 1. The van der Waals surface area contributed by atoms with Crippen LogP contribution in [0.1, 0.15) is 18.9 Å². The number of hydrogen-bond acceptors (Lipinski definition) is 5. The van der Waals surface area contributed by atoms with Crippen molar-refractivity contribution in [2.75, 3.05) is 25.5 Å². The smallest absolute Gasteiger partial charge is 0.292 e. The summed E-state index contributed by atoms with van der Waals surface area (Å²) in [5, 5.41) is 23.5. The van der Waals surface area contributed by atoms with Gasteiger partial charge in [-0.3, -0.25) is 15.0 Å². The minimum absolute atomic E-state index is 0.108.